The highest BCUT2D eigenvalue weighted by atomic mass is 16.4. The van der Waals surface area contributed by atoms with Crippen molar-refractivity contribution in [1.29, 1.82) is 0 Å². The summed E-state index contributed by atoms with van der Waals surface area (Å²) in [4.78, 5) is 90.9. The summed E-state index contributed by atoms with van der Waals surface area (Å²) in [6.07, 6.45) is 0.403. The molecular formula is C23H38N8O8. The van der Waals surface area contributed by atoms with Gasteiger partial charge in [0.1, 0.15) is 18.1 Å². The highest BCUT2D eigenvalue weighted by molar-refractivity contribution is 6.38. The summed E-state index contributed by atoms with van der Waals surface area (Å²) in [5.74, 6) is -7.23. The third-order valence-corrected chi connectivity index (χ3v) is 5.96. The van der Waals surface area contributed by atoms with Gasteiger partial charge in [0.05, 0.1) is 12.5 Å². The van der Waals surface area contributed by atoms with Crippen molar-refractivity contribution < 1.29 is 38.7 Å². The molecule has 218 valence electrons. The van der Waals surface area contributed by atoms with Crippen LogP contribution in [0.4, 0.5) is 0 Å². The van der Waals surface area contributed by atoms with Crippen molar-refractivity contribution in [1.82, 2.24) is 20.9 Å². The monoisotopic (exact) mass is 554 g/mol. The molecule has 39 heavy (non-hydrogen) atoms. The summed E-state index contributed by atoms with van der Waals surface area (Å²) in [6.45, 7) is 4.74. The van der Waals surface area contributed by atoms with Gasteiger partial charge in [-0.05, 0) is 31.6 Å². The van der Waals surface area contributed by atoms with Gasteiger partial charge in [-0.3, -0.25) is 38.6 Å². The number of nitrogens with one attached hydrogen (secondary N) is 3. The number of carbonyl (C=O) groups excluding carboxylic acids is 6. The number of likely N-dealkylation sites (tertiary alicyclic amines) is 1. The van der Waals surface area contributed by atoms with Gasteiger partial charge < -0.3 is 43.2 Å². The lowest BCUT2D eigenvalue weighted by Crippen LogP contribution is -2.58. The van der Waals surface area contributed by atoms with Crippen LogP contribution in [0.5, 0.6) is 0 Å². The first-order valence-electron chi connectivity index (χ1n) is 12.4. The first-order valence-corrected chi connectivity index (χ1v) is 12.4. The molecule has 0 aromatic carbocycles. The maximum Gasteiger partial charge on any atom is 0.305 e. The number of amides is 5. The zero-order valence-corrected chi connectivity index (χ0v) is 22.3. The van der Waals surface area contributed by atoms with E-state index in [1.165, 1.54) is 11.8 Å². The van der Waals surface area contributed by atoms with Gasteiger partial charge in [0.15, 0.2) is 5.96 Å². The van der Waals surface area contributed by atoms with Crippen LogP contribution in [0.2, 0.25) is 0 Å². The molecule has 0 saturated carbocycles. The Hall–Kier alpha value is -4.24. The van der Waals surface area contributed by atoms with E-state index in [9.17, 15) is 38.7 Å². The first-order chi connectivity index (χ1) is 18.1. The smallest absolute Gasteiger partial charge is 0.305 e. The molecule has 0 bridgehead atoms. The highest BCUT2D eigenvalue weighted by Crippen LogP contribution is 2.20. The maximum absolute atomic E-state index is 13.3. The summed E-state index contributed by atoms with van der Waals surface area (Å²) >= 11 is 0. The average Bonchev–Trinajstić information content (AvgIpc) is 3.32. The van der Waals surface area contributed by atoms with Gasteiger partial charge in [-0.2, -0.15) is 0 Å². The van der Waals surface area contributed by atoms with E-state index in [1.54, 1.807) is 13.8 Å². The summed E-state index contributed by atoms with van der Waals surface area (Å²) < 4.78 is 0. The lowest BCUT2D eigenvalue weighted by Gasteiger charge is -2.30. The van der Waals surface area contributed by atoms with E-state index in [0.717, 1.165) is 0 Å². The van der Waals surface area contributed by atoms with Gasteiger partial charge in [-0.25, -0.2) is 0 Å². The predicted molar refractivity (Wildman–Crippen MR) is 137 cm³/mol. The number of ketones is 1. The topological polar surface area (TPSA) is 269 Å². The summed E-state index contributed by atoms with van der Waals surface area (Å²) in [6, 6.07) is -4.94. The van der Waals surface area contributed by atoms with E-state index in [4.69, 9.17) is 17.2 Å². The third kappa shape index (κ3) is 10.6. The van der Waals surface area contributed by atoms with Crippen molar-refractivity contribution in [3.8, 4) is 0 Å². The van der Waals surface area contributed by atoms with Crippen LogP contribution in [0.1, 0.15) is 52.9 Å². The summed E-state index contributed by atoms with van der Waals surface area (Å²) in [5, 5.41) is 16.5. The second-order valence-electron chi connectivity index (χ2n) is 9.51. The molecule has 5 amide bonds. The highest BCUT2D eigenvalue weighted by Gasteiger charge is 2.39. The minimum absolute atomic E-state index is 0.118. The Labute approximate surface area is 225 Å². The van der Waals surface area contributed by atoms with Gasteiger partial charge in [0, 0.05) is 20.0 Å². The molecule has 0 aromatic rings. The van der Waals surface area contributed by atoms with Crippen LogP contribution in [-0.4, -0.2) is 94.5 Å². The van der Waals surface area contributed by atoms with Crippen LogP contribution >= 0.6 is 0 Å². The van der Waals surface area contributed by atoms with Crippen molar-refractivity contribution in [3.05, 3.63) is 0 Å². The van der Waals surface area contributed by atoms with E-state index < -0.39 is 77.8 Å². The van der Waals surface area contributed by atoms with Crippen molar-refractivity contribution in [2.75, 3.05) is 13.1 Å². The van der Waals surface area contributed by atoms with Crippen LogP contribution in [0.25, 0.3) is 0 Å². The minimum atomic E-state index is -1.61. The Morgan fingerprint density at radius 3 is 2.15 bits per heavy atom. The van der Waals surface area contributed by atoms with Crippen LogP contribution in [0.3, 0.4) is 0 Å². The first kappa shape index (κ1) is 32.8. The van der Waals surface area contributed by atoms with E-state index in [1.807, 2.05) is 0 Å². The molecule has 16 nitrogen and oxygen atoms in total. The number of rotatable bonds is 15. The largest absolute Gasteiger partial charge is 0.481 e. The molecule has 16 heteroatoms. The van der Waals surface area contributed by atoms with Gasteiger partial charge >= 0.3 is 5.97 Å². The molecule has 1 fully saturated rings. The lowest BCUT2D eigenvalue weighted by atomic mass is 9.98. The molecule has 1 rings (SSSR count). The molecular weight excluding hydrogens is 516 g/mol. The Morgan fingerprint density at radius 1 is 1.00 bits per heavy atom. The Kier molecular flexibility index (Phi) is 12.8. The fourth-order valence-electron chi connectivity index (χ4n) is 4.10. The number of hydrogen-bond donors (Lipinski definition) is 7. The normalized spacial score (nSPS) is 16.9. The predicted octanol–water partition coefficient (Wildman–Crippen LogP) is -3.31. The third-order valence-electron chi connectivity index (χ3n) is 5.96. The number of carboxylic acids is 1. The molecule has 1 saturated heterocycles. The van der Waals surface area contributed by atoms with Crippen LogP contribution in [0.15, 0.2) is 4.99 Å². The average molecular weight is 555 g/mol. The van der Waals surface area contributed by atoms with E-state index in [2.05, 4.69) is 20.9 Å². The molecule has 0 unspecified atom stereocenters. The molecule has 0 aromatic heterocycles. The minimum Gasteiger partial charge on any atom is -0.481 e. The van der Waals surface area contributed by atoms with Crippen molar-refractivity contribution in [3.63, 3.8) is 0 Å². The molecule has 1 aliphatic rings. The number of carboxylic acid groups (broad SMARTS) is 1. The number of Topliss-reactive ketones (excluding diaryl/α,β-unsaturated/α-hetero) is 1. The molecule has 1 heterocycles. The van der Waals surface area contributed by atoms with Gasteiger partial charge in [0.2, 0.25) is 29.4 Å². The Balaban J connectivity index is 3.05. The summed E-state index contributed by atoms with van der Waals surface area (Å²) in [5.41, 5.74) is 15.6. The maximum atomic E-state index is 13.3. The second kappa shape index (κ2) is 15.2. The van der Waals surface area contributed by atoms with E-state index in [-0.39, 0.29) is 31.9 Å². The molecule has 10 N–H and O–H groups in total. The zero-order valence-electron chi connectivity index (χ0n) is 22.3. The van der Waals surface area contributed by atoms with E-state index >= 15 is 0 Å². The second-order valence-corrected chi connectivity index (χ2v) is 9.51. The van der Waals surface area contributed by atoms with E-state index in [0.29, 0.717) is 12.8 Å². The summed E-state index contributed by atoms with van der Waals surface area (Å²) in [7, 11) is 0. The van der Waals surface area contributed by atoms with Crippen molar-refractivity contribution >= 4 is 47.2 Å². The zero-order chi connectivity index (χ0) is 29.9. The van der Waals surface area contributed by atoms with Crippen molar-refractivity contribution in [2.45, 2.75) is 77.0 Å². The van der Waals surface area contributed by atoms with Crippen LogP contribution in [-0.2, 0) is 33.6 Å². The Morgan fingerprint density at radius 2 is 1.64 bits per heavy atom. The molecule has 4 atom stereocenters. The number of primary amides is 1. The Bertz CT molecular complexity index is 995. The number of carbonyl (C=O) groups is 7. The fourth-order valence-corrected chi connectivity index (χ4v) is 4.10. The number of hydrogen-bond acceptors (Lipinski definition) is 8. The number of aliphatic imine (C=N–C) groups is 1. The lowest BCUT2D eigenvalue weighted by molar-refractivity contribution is -0.144. The van der Waals surface area contributed by atoms with Crippen LogP contribution in [0, 0.1) is 5.92 Å². The van der Waals surface area contributed by atoms with Gasteiger partial charge in [-0.1, -0.05) is 13.8 Å². The molecule has 0 radical (unpaired) electrons. The SMILES string of the molecule is CC(=O)N[C@@H](CCCN=C(N)N)C(=O)N1CCC[C@H]1C(=O)N[C@@H](CC(=O)O)C(=O)N[C@H](C(=O)C(N)=O)C(C)C. The standard InChI is InChI=1S/C23H38N8O8/c1-11(2)17(18(35)19(24)36)30-20(37)14(10-16(33)34)29-21(38)15-7-5-9-31(15)22(39)13(28-12(3)32)6-4-8-27-23(25)26/h11,13-15,17H,4-10H2,1-3H3,(H2,24,36)(H,28,32)(H,29,38)(H,30,37)(H,33,34)(H4,25,26,27)/t13-,14-,15-,17-/m0/s1. The van der Waals surface area contributed by atoms with Crippen LogP contribution < -0.4 is 33.2 Å². The van der Waals surface area contributed by atoms with Gasteiger partial charge in [-0.15, -0.1) is 0 Å². The number of nitrogens with zero attached hydrogens (tertiary/aromatic N) is 2. The number of nitrogens with two attached hydrogens (primary N) is 3. The number of guanidine groups is 1. The van der Waals surface area contributed by atoms with Crippen molar-refractivity contribution in [2.24, 2.45) is 28.1 Å². The molecule has 1 aliphatic heterocycles. The quantitative estimate of drug-likeness (QED) is 0.0458. The fraction of sp³-hybridized carbons (Fsp3) is 0.652. The molecule has 0 aliphatic carbocycles. The number of aliphatic carboxylic acids is 1. The van der Waals surface area contributed by atoms with Gasteiger partial charge in [0.25, 0.3) is 5.91 Å². The molecule has 0 spiro atoms.